The van der Waals surface area contributed by atoms with E-state index in [1.165, 1.54) is 29.1 Å². The molecule has 3 heterocycles. The fraction of sp³-hybridized carbons (Fsp3) is 0.263. The first-order valence-corrected chi connectivity index (χ1v) is 8.92. The van der Waals surface area contributed by atoms with Crippen molar-refractivity contribution < 1.29 is 22.7 Å². The van der Waals surface area contributed by atoms with Crippen LogP contribution in [0.2, 0.25) is 0 Å². The minimum absolute atomic E-state index is 0.250. The maximum atomic E-state index is 12.5. The smallest absolute Gasteiger partial charge is 0.406 e. The lowest BCUT2D eigenvalue weighted by atomic mass is 10.1. The fourth-order valence-corrected chi connectivity index (χ4v) is 3.33. The van der Waals surface area contributed by atoms with Gasteiger partial charge in [0.1, 0.15) is 28.9 Å². The standard InChI is InChI=1S/C19H17F3N6O2/c1-9(2)25-18(29)12-7-23-17-16(12)26-13(8-24-17)15-11-5-4-10(30-19(20,21)22)6-14(11)28(3)27-15/h4-6,8,12H,1,7H2,2-3H3,(H,23,24)(H,25,29). The van der Waals surface area contributed by atoms with Crippen LogP contribution in [0.5, 0.6) is 5.75 Å². The van der Waals surface area contributed by atoms with E-state index < -0.39 is 12.3 Å². The average Bonchev–Trinajstić information content (AvgIpc) is 3.21. The average molecular weight is 418 g/mol. The molecule has 1 aliphatic rings. The highest BCUT2D eigenvalue weighted by atomic mass is 19.4. The molecule has 0 saturated carbocycles. The van der Waals surface area contributed by atoms with Crippen molar-refractivity contribution in [3.8, 4) is 17.1 Å². The number of aryl methyl sites for hydroxylation is 1. The Balaban J connectivity index is 1.73. The molecule has 8 nitrogen and oxygen atoms in total. The molecular formula is C19H17F3N6O2. The number of allylic oxidation sites excluding steroid dienone is 1. The lowest BCUT2D eigenvalue weighted by molar-refractivity contribution is -0.274. The number of hydrogen-bond acceptors (Lipinski definition) is 6. The number of carbonyl (C=O) groups is 1. The first-order chi connectivity index (χ1) is 14.1. The third-order valence-corrected chi connectivity index (χ3v) is 4.56. The number of carbonyl (C=O) groups excluding carboxylic acids is 1. The van der Waals surface area contributed by atoms with Gasteiger partial charge in [-0.15, -0.1) is 13.2 Å². The number of fused-ring (bicyclic) bond motifs is 2. The summed E-state index contributed by atoms with van der Waals surface area (Å²) in [5.74, 6) is -0.641. The highest BCUT2D eigenvalue weighted by molar-refractivity contribution is 5.93. The molecule has 2 aromatic heterocycles. The molecule has 1 aliphatic heterocycles. The Morgan fingerprint density at radius 1 is 1.40 bits per heavy atom. The van der Waals surface area contributed by atoms with E-state index in [0.717, 1.165) is 0 Å². The van der Waals surface area contributed by atoms with Crippen molar-refractivity contribution in [2.75, 3.05) is 11.9 Å². The third kappa shape index (κ3) is 3.65. The van der Waals surface area contributed by atoms with E-state index in [1.54, 1.807) is 14.0 Å². The van der Waals surface area contributed by atoms with Gasteiger partial charge >= 0.3 is 6.36 Å². The maximum Gasteiger partial charge on any atom is 0.573 e. The highest BCUT2D eigenvalue weighted by Gasteiger charge is 2.33. The Morgan fingerprint density at radius 3 is 2.87 bits per heavy atom. The number of nitrogens with zero attached hydrogens (tertiary/aromatic N) is 4. The van der Waals surface area contributed by atoms with Gasteiger partial charge in [0, 0.05) is 30.7 Å². The zero-order chi connectivity index (χ0) is 21.6. The van der Waals surface area contributed by atoms with Crippen molar-refractivity contribution in [1.29, 1.82) is 0 Å². The van der Waals surface area contributed by atoms with Crippen LogP contribution in [0.25, 0.3) is 22.3 Å². The molecule has 0 fully saturated rings. The molecule has 0 bridgehead atoms. The largest absolute Gasteiger partial charge is 0.573 e. The van der Waals surface area contributed by atoms with Gasteiger partial charge in [-0.1, -0.05) is 6.58 Å². The van der Waals surface area contributed by atoms with Crippen molar-refractivity contribution in [2.45, 2.75) is 19.2 Å². The Morgan fingerprint density at radius 2 is 2.17 bits per heavy atom. The summed E-state index contributed by atoms with van der Waals surface area (Å²) in [4.78, 5) is 21.3. The molecular weight excluding hydrogens is 401 g/mol. The topological polar surface area (TPSA) is 94.0 Å². The van der Waals surface area contributed by atoms with Crippen LogP contribution in [0.3, 0.4) is 0 Å². The number of hydrogen-bond donors (Lipinski definition) is 2. The summed E-state index contributed by atoms with van der Waals surface area (Å²) in [5.41, 5.74) is 2.27. The van der Waals surface area contributed by atoms with Crippen LogP contribution in [0.1, 0.15) is 18.5 Å². The minimum Gasteiger partial charge on any atom is -0.406 e. The number of nitrogens with one attached hydrogen (secondary N) is 2. The molecule has 0 saturated heterocycles. The molecule has 3 aromatic rings. The molecule has 0 aliphatic carbocycles. The summed E-state index contributed by atoms with van der Waals surface area (Å²) < 4.78 is 43.0. The van der Waals surface area contributed by atoms with Gasteiger partial charge < -0.3 is 15.4 Å². The van der Waals surface area contributed by atoms with Gasteiger partial charge in [0.15, 0.2) is 0 Å². The summed E-state index contributed by atoms with van der Waals surface area (Å²) >= 11 is 0. The summed E-state index contributed by atoms with van der Waals surface area (Å²) in [7, 11) is 1.61. The van der Waals surface area contributed by atoms with Gasteiger partial charge in [0.25, 0.3) is 0 Å². The second-order valence-corrected chi connectivity index (χ2v) is 6.89. The zero-order valence-corrected chi connectivity index (χ0v) is 16.0. The van der Waals surface area contributed by atoms with Crippen LogP contribution in [-0.2, 0) is 11.8 Å². The van der Waals surface area contributed by atoms with Gasteiger partial charge in [0.05, 0.1) is 17.4 Å². The molecule has 30 heavy (non-hydrogen) atoms. The van der Waals surface area contributed by atoms with E-state index in [-0.39, 0.29) is 11.7 Å². The number of anilines is 1. The SMILES string of the molecule is C=C(C)NC(=O)C1CNc2ncc(-c3nn(C)c4cc(OC(F)(F)F)ccc34)nc21. The predicted molar refractivity (Wildman–Crippen MR) is 103 cm³/mol. The third-order valence-electron chi connectivity index (χ3n) is 4.56. The van der Waals surface area contributed by atoms with Gasteiger partial charge in [-0.05, 0) is 19.1 Å². The quantitative estimate of drug-likeness (QED) is 0.676. The van der Waals surface area contributed by atoms with E-state index in [4.69, 9.17) is 0 Å². The Labute approximate surface area is 168 Å². The van der Waals surface area contributed by atoms with Gasteiger partial charge in [-0.25, -0.2) is 9.97 Å². The maximum absolute atomic E-state index is 12.5. The molecule has 1 aromatic carbocycles. The molecule has 4 rings (SSSR count). The first-order valence-electron chi connectivity index (χ1n) is 8.92. The molecule has 1 atom stereocenters. The van der Waals surface area contributed by atoms with Crippen LogP contribution in [0.15, 0.2) is 36.7 Å². The van der Waals surface area contributed by atoms with Crippen LogP contribution in [0, 0.1) is 0 Å². The highest BCUT2D eigenvalue weighted by Crippen LogP contribution is 2.34. The number of aromatic nitrogens is 4. The summed E-state index contributed by atoms with van der Waals surface area (Å²) in [6.45, 7) is 5.70. The normalized spacial score (nSPS) is 15.6. The lowest BCUT2D eigenvalue weighted by Crippen LogP contribution is -2.29. The van der Waals surface area contributed by atoms with E-state index in [0.29, 0.717) is 46.0 Å². The molecule has 11 heteroatoms. The van der Waals surface area contributed by atoms with Crippen molar-refractivity contribution in [1.82, 2.24) is 25.1 Å². The number of benzene rings is 1. The van der Waals surface area contributed by atoms with Gasteiger partial charge in [0.2, 0.25) is 5.91 Å². The molecule has 0 spiro atoms. The molecule has 1 unspecified atom stereocenters. The van der Waals surface area contributed by atoms with Crippen LogP contribution >= 0.6 is 0 Å². The fourth-order valence-electron chi connectivity index (χ4n) is 3.33. The number of amides is 1. The molecule has 2 N–H and O–H groups in total. The molecule has 156 valence electrons. The van der Waals surface area contributed by atoms with E-state index in [9.17, 15) is 18.0 Å². The number of ether oxygens (including phenoxy) is 1. The monoisotopic (exact) mass is 418 g/mol. The first kappa shape index (κ1) is 19.7. The molecule has 0 radical (unpaired) electrons. The van der Waals surface area contributed by atoms with Crippen LogP contribution < -0.4 is 15.4 Å². The number of alkyl halides is 3. The lowest BCUT2D eigenvalue weighted by Gasteiger charge is -2.10. The van der Waals surface area contributed by atoms with Crippen LogP contribution in [-0.4, -0.2) is 38.6 Å². The summed E-state index contributed by atoms with van der Waals surface area (Å²) in [5, 5.41) is 10.7. The predicted octanol–water partition coefficient (Wildman–Crippen LogP) is 3.09. The van der Waals surface area contributed by atoms with Crippen molar-refractivity contribution in [2.24, 2.45) is 7.05 Å². The Bertz CT molecular complexity index is 1170. The minimum atomic E-state index is -4.78. The van der Waals surface area contributed by atoms with E-state index >= 15 is 0 Å². The van der Waals surface area contributed by atoms with Crippen molar-refractivity contribution >= 4 is 22.6 Å². The number of halogens is 3. The Hall–Kier alpha value is -3.63. The summed E-state index contributed by atoms with van der Waals surface area (Å²) in [6, 6.07) is 3.95. The van der Waals surface area contributed by atoms with Crippen LogP contribution in [0.4, 0.5) is 19.0 Å². The second-order valence-electron chi connectivity index (χ2n) is 6.89. The Kier molecular flexibility index (Phi) is 4.60. The van der Waals surface area contributed by atoms with E-state index in [1.807, 2.05) is 0 Å². The number of rotatable bonds is 4. The van der Waals surface area contributed by atoms with Gasteiger partial charge in [-0.3, -0.25) is 9.48 Å². The van der Waals surface area contributed by atoms with Crippen molar-refractivity contribution in [3.05, 3.63) is 42.4 Å². The van der Waals surface area contributed by atoms with Gasteiger partial charge in [-0.2, -0.15) is 5.10 Å². The molecule has 1 amide bonds. The second kappa shape index (κ2) is 7.01. The summed E-state index contributed by atoms with van der Waals surface area (Å²) in [6.07, 6.45) is -3.28. The zero-order valence-electron chi connectivity index (χ0n) is 16.0. The van der Waals surface area contributed by atoms with E-state index in [2.05, 4.69) is 37.0 Å². The van der Waals surface area contributed by atoms with Crippen molar-refractivity contribution in [3.63, 3.8) is 0 Å².